The van der Waals surface area contributed by atoms with Crippen LogP contribution in [0.5, 0.6) is 0 Å². The average molecular weight is 492 g/mol. The van der Waals surface area contributed by atoms with Gasteiger partial charge in [0, 0.05) is 16.6 Å². The highest BCUT2D eigenvalue weighted by Gasteiger charge is 2.29. The molecule has 2 heterocycles. The second kappa shape index (κ2) is 9.03. The van der Waals surface area contributed by atoms with Gasteiger partial charge in [-0.15, -0.1) is 0 Å². The lowest BCUT2D eigenvalue weighted by Gasteiger charge is -2.36. The summed E-state index contributed by atoms with van der Waals surface area (Å²) < 4.78 is 19.2. The van der Waals surface area contributed by atoms with E-state index in [4.69, 9.17) is 23.2 Å². The second-order valence-corrected chi connectivity index (χ2v) is 8.59. The van der Waals surface area contributed by atoms with Crippen molar-refractivity contribution in [3.8, 4) is 0 Å². The SMILES string of the molecule is COC(=O)c1cc2cc(NCC(=O)N3CCc4cc(Cl)cc(Cl)c4C3C)c(F)cc2c(=O)[nH]1. The number of halogens is 3. The van der Waals surface area contributed by atoms with Crippen LogP contribution in [0.1, 0.15) is 34.6 Å². The number of H-pyrrole nitrogens is 1. The van der Waals surface area contributed by atoms with Crippen LogP contribution in [0.3, 0.4) is 0 Å². The summed E-state index contributed by atoms with van der Waals surface area (Å²) in [6.07, 6.45) is 0.606. The molecule has 4 rings (SSSR count). The van der Waals surface area contributed by atoms with Gasteiger partial charge in [0.2, 0.25) is 5.91 Å². The zero-order chi connectivity index (χ0) is 23.9. The molecule has 0 saturated carbocycles. The second-order valence-electron chi connectivity index (χ2n) is 7.75. The Balaban J connectivity index is 1.55. The number of amides is 1. The van der Waals surface area contributed by atoms with Crippen LogP contribution in [0, 0.1) is 5.82 Å². The van der Waals surface area contributed by atoms with Crippen molar-refractivity contribution in [1.82, 2.24) is 9.88 Å². The molecule has 1 amide bonds. The number of hydrogen-bond acceptors (Lipinski definition) is 5. The van der Waals surface area contributed by atoms with Crippen LogP contribution in [-0.2, 0) is 16.0 Å². The third-order valence-electron chi connectivity index (χ3n) is 5.77. The molecule has 1 aromatic heterocycles. The van der Waals surface area contributed by atoms with Gasteiger partial charge in [-0.2, -0.15) is 0 Å². The number of pyridine rings is 1. The summed E-state index contributed by atoms with van der Waals surface area (Å²) in [5.74, 6) is -1.65. The molecule has 1 aliphatic heterocycles. The van der Waals surface area contributed by atoms with E-state index in [1.807, 2.05) is 13.0 Å². The minimum Gasteiger partial charge on any atom is -0.464 e. The van der Waals surface area contributed by atoms with Crippen LogP contribution in [-0.4, -0.2) is 42.0 Å². The van der Waals surface area contributed by atoms with Gasteiger partial charge >= 0.3 is 5.97 Å². The molecule has 3 aromatic rings. The van der Waals surface area contributed by atoms with Gasteiger partial charge in [0.05, 0.1) is 30.8 Å². The van der Waals surface area contributed by atoms with E-state index in [9.17, 15) is 18.8 Å². The fourth-order valence-electron chi connectivity index (χ4n) is 4.16. The number of carbonyl (C=O) groups is 2. The summed E-state index contributed by atoms with van der Waals surface area (Å²) in [6.45, 7) is 2.19. The number of aromatic amines is 1. The number of nitrogens with one attached hydrogen (secondary N) is 2. The largest absolute Gasteiger partial charge is 0.464 e. The molecular formula is C23H20Cl2FN3O4. The van der Waals surface area contributed by atoms with Crippen molar-refractivity contribution in [1.29, 1.82) is 0 Å². The molecule has 10 heteroatoms. The number of carbonyl (C=O) groups excluding carboxylic acids is 2. The molecular weight excluding hydrogens is 472 g/mol. The number of fused-ring (bicyclic) bond motifs is 2. The highest BCUT2D eigenvalue weighted by Crippen LogP contribution is 2.37. The fourth-order valence-corrected chi connectivity index (χ4v) is 4.85. The van der Waals surface area contributed by atoms with Crippen molar-refractivity contribution in [3.05, 3.63) is 73.4 Å². The molecule has 1 aliphatic rings. The number of benzene rings is 2. The molecule has 0 bridgehead atoms. The predicted molar refractivity (Wildman–Crippen MR) is 125 cm³/mol. The maximum absolute atomic E-state index is 14.6. The standard InChI is InChI=1S/C23H20Cl2FN3O4/c1-11-21-12(5-14(24)8-16(21)25)3-4-29(11)20(30)10-27-18-6-13-7-19(23(32)33-2)28-22(31)15(13)9-17(18)26/h5-9,11,27H,3-4,10H2,1-2H3,(H,28,31). The molecule has 1 unspecified atom stereocenters. The molecule has 0 spiro atoms. The quantitative estimate of drug-likeness (QED) is 0.530. The van der Waals surface area contributed by atoms with Crippen molar-refractivity contribution < 1.29 is 18.7 Å². The van der Waals surface area contributed by atoms with E-state index in [2.05, 4.69) is 15.0 Å². The van der Waals surface area contributed by atoms with Crippen LogP contribution in [0.15, 0.2) is 35.1 Å². The van der Waals surface area contributed by atoms with E-state index in [1.165, 1.54) is 19.2 Å². The van der Waals surface area contributed by atoms with Crippen LogP contribution in [0.4, 0.5) is 10.1 Å². The van der Waals surface area contributed by atoms with Gasteiger partial charge in [0.25, 0.3) is 5.56 Å². The number of rotatable bonds is 4. The Hall–Kier alpha value is -3.10. The first-order chi connectivity index (χ1) is 15.7. The molecule has 7 nitrogen and oxygen atoms in total. The third kappa shape index (κ3) is 4.41. The number of methoxy groups -OCH3 is 1. The highest BCUT2D eigenvalue weighted by atomic mass is 35.5. The monoisotopic (exact) mass is 491 g/mol. The van der Waals surface area contributed by atoms with Gasteiger partial charge in [-0.25, -0.2) is 9.18 Å². The van der Waals surface area contributed by atoms with E-state index in [0.29, 0.717) is 28.4 Å². The minimum atomic E-state index is -0.720. The van der Waals surface area contributed by atoms with E-state index < -0.39 is 17.3 Å². The molecule has 172 valence electrons. The first kappa shape index (κ1) is 23.1. The summed E-state index contributed by atoms with van der Waals surface area (Å²) in [5.41, 5.74) is 1.22. The molecule has 33 heavy (non-hydrogen) atoms. The van der Waals surface area contributed by atoms with E-state index in [-0.39, 0.29) is 35.3 Å². The Bertz CT molecular complexity index is 1340. The van der Waals surface area contributed by atoms with Crippen molar-refractivity contribution in [3.63, 3.8) is 0 Å². The van der Waals surface area contributed by atoms with Gasteiger partial charge in [-0.05, 0) is 60.2 Å². The van der Waals surface area contributed by atoms with E-state index in [1.54, 1.807) is 11.0 Å². The Morgan fingerprint density at radius 1 is 1.24 bits per heavy atom. The Morgan fingerprint density at radius 2 is 2.00 bits per heavy atom. The summed E-state index contributed by atoms with van der Waals surface area (Å²) in [6, 6.07) is 7.08. The molecule has 0 radical (unpaired) electrons. The minimum absolute atomic E-state index is 0.0344. The van der Waals surface area contributed by atoms with Crippen LogP contribution in [0.2, 0.25) is 10.0 Å². The lowest BCUT2D eigenvalue weighted by molar-refractivity contribution is -0.131. The van der Waals surface area contributed by atoms with Gasteiger partial charge in [0.1, 0.15) is 11.5 Å². The zero-order valence-electron chi connectivity index (χ0n) is 17.8. The van der Waals surface area contributed by atoms with Crippen molar-refractivity contribution in [2.75, 3.05) is 25.5 Å². The number of esters is 1. The van der Waals surface area contributed by atoms with Gasteiger partial charge in [-0.1, -0.05) is 23.2 Å². The van der Waals surface area contributed by atoms with Gasteiger partial charge in [-0.3, -0.25) is 9.59 Å². The number of nitrogens with zero attached hydrogens (tertiary/aromatic N) is 1. The fraction of sp³-hybridized carbons (Fsp3) is 0.261. The highest BCUT2D eigenvalue weighted by molar-refractivity contribution is 6.35. The Labute approximate surface area is 198 Å². The lowest BCUT2D eigenvalue weighted by atomic mass is 9.93. The molecule has 1 atom stereocenters. The summed E-state index contributed by atoms with van der Waals surface area (Å²) in [4.78, 5) is 41.0. The lowest BCUT2D eigenvalue weighted by Crippen LogP contribution is -2.42. The first-order valence-corrected chi connectivity index (χ1v) is 10.9. The molecule has 0 aliphatic carbocycles. The van der Waals surface area contributed by atoms with Crippen LogP contribution >= 0.6 is 23.2 Å². The molecule has 2 aromatic carbocycles. The smallest absolute Gasteiger partial charge is 0.354 e. The van der Waals surface area contributed by atoms with Crippen LogP contribution in [0.25, 0.3) is 10.8 Å². The van der Waals surface area contributed by atoms with E-state index in [0.717, 1.165) is 17.2 Å². The maximum Gasteiger partial charge on any atom is 0.354 e. The predicted octanol–water partition coefficient (Wildman–Crippen LogP) is 4.32. The summed E-state index contributed by atoms with van der Waals surface area (Å²) in [5, 5.41) is 4.26. The molecule has 0 saturated heterocycles. The van der Waals surface area contributed by atoms with Crippen LogP contribution < -0.4 is 10.9 Å². The normalized spacial score (nSPS) is 15.3. The number of anilines is 1. The first-order valence-electron chi connectivity index (χ1n) is 10.2. The number of ether oxygens (including phenoxy) is 1. The Kier molecular flexibility index (Phi) is 6.32. The van der Waals surface area contributed by atoms with Gasteiger partial charge in [0.15, 0.2) is 0 Å². The van der Waals surface area contributed by atoms with Gasteiger partial charge < -0.3 is 19.9 Å². The van der Waals surface area contributed by atoms with Crippen molar-refractivity contribution >= 4 is 51.5 Å². The van der Waals surface area contributed by atoms with E-state index >= 15 is 0 Å². The average Bonchev–Trinajstić information content (AvgIpc) is 2.77. The zero-order valence-corrected chi connectivity index (χ0v) is 19.3. The summed E-state index contributed by atoms with van der Waals surface area (Å²) >= 11 is 12.5. The maximum atomic E-state index is 14.6. The third-order valence-corrected chi connectivity index (χ3v) is 6.31. The number of aromatic nitrogens is 1. The molecule has 0 fully saturated rings. The molecule has 2 N–H and O–H groups in total. The van der Waals surface area contributed by atoms with Crippen molar-refractivity contribution in [2.24, 2.45) is 0 Å². The van der Waals surface area contributed by atoms with Crippen molar-refractivity contribution in [2.45, 2.75) is 19.4 Å². The number of hydrogen-bond donors (Lipinski definition) is 2. The topological polar surface area (TPSA) is 91.5 Å². The summed E-state index contributed by atoms with van der Waals surface area (Å²) in [7, 11) is 1.19. The Morgan fingerprint density at radius 3 is 2.73 bits per heavy atom.